The summed E-state index contributed by atoms with van der Waals surface area (Å²) in [5.41, 5.74) is 1.02. The molecule has 208 valence electrons. The third-order valence-electron chi connectivity index (χ3n) is 6.03. The van der Waals surface area contributed by atoms with Crippen molar-refractivity contribution in [3.8, 4) is 5.75 Å². The zero-order chi connectivity index (χ0) is 28.4. The van der Waals surface area contributed by atoms with Crippen molar-refractivity contribution in [1.82, 2.24) is 10.2 Å². The van der Waals surface area contributed by atoms with Gasteiger partial charge in [0.2, 0.25) is 11.8 Å². The summed E-state index contributed by atoms with van der Waals surface area (Å²) in [6.07, 6.45) is 0.742. The average molecular weight is 572 g/mol. The lowest BCUT2D eigenvalue weighted by atomic mass is 10.1. The van der Waals surface area contributed by atoms with E-state index in [1.54, 1.807) is 38.1 Å². The first-order chi connectivity index (χ1) is 18.7. The molecule has 0 fully saturated rings. The fourth-order valence-corrected chi connectivity index (χ4v) is 5.50. The highest BCUT2D eigenvalue weighted by molar-refractivity contribution is 7.92. The number of carbonyl (C=O) groups is 2. The predicted octanol–water partition coefficient (Wildman–Crippen LogP) is 4.88. The van der Waals surface area contributed by atoms with Gasteiger partial charge >= 0.3 is 0 Å². The van der Waals surface area contributed by atoms with E-state index in [4.69, 9.17) is 16.3 Å². The van der Waals surface area contributed by atoms with Crippen LogP contribution in [-0.2, 0) is 26.2 Å². The molecule has 0 aliphatic carbocycles. The smallest absolute Gasteiger partial charge is 0.264 e. The maximum atomic E-state index is 13.9. The Balaban J connectivity index is 2.06. The lowest BCUT2D eigenvalue weighted by molar-refractivity contribution is -0.139. The average Bonchev–Trinajstić information content (AvgIpc) is 2.94. The largest absolute Gasteiger partial charge is 0.492 e. The normalized spacial score (nSPS) is 11.9. The van der Waals surface area contributed by atoms with Crippen LogP contribution in [0, 0.1) is 0 Å². The molecule has 3 rings (SSSR count). The molecule has 0 bridgehead atoms. The van der Waals surface area contributed by atoms with Crippen LogP contribution in [0.4, 0.5) is 5.69 Å². The Kier molecular flexibility index (Phi) is 10.8. The molecule has 2 amide bonds. The van der Waals surface area contributed by atoms with E-state index in [0.717, 1.165) is 16.3 Å². The molecule has 0 aromatic heterocycles. The Hall–Kier alpha value is -3.56. The maximum absolute atomic E-state index is 13.9. The Bertz CT molecular complexity index is 1350. The van der Waals surface area contributed by atoms with E-state index in [1.807, 2.05) is 37.3 Å². The maximum Gasteiger partial charge on any atom is 0.264 e. The molecule has 10 heteroatoms. The summed E-state index contributed by atoms with van der Waals surface area (Å²) in [6, 6.07) is 20.8. The number of nitrogens with zero attached hydrogens (tertiary/aromatic N) is 2. The van der Waals surface area contributed by atoms with Crippen LogP contribution in [0.2, 0.25) is 5.02 Å². The van der Waals surface area contributed by atoms with Crippen molar-refractivity contribution in [2.45, 2.75) is 44.7 Å². The van der Waals surface area contributed by atoms with E-state index >= 15 is 0 Å². The third kappa shape index (κ3) is 7.74. The molecule has 1 N–H and O–H groups in total. The van der Waals surface area contributed by atoms with Gasteiger partial charge in [-0.3, -0.25) is 13.9 Å². The monoisotopic (exact) mass is 571 g/mol. The zero-order valence-electron chi connectivity index (χ0n) is 22.3. The number of nitrogens with one attached hydrogen (secondary N) is 1. The van der Waals surface area contributed by atoms with Crippen molar-refractivity contribution in [3.05, 3.63) is 89.4 Å². The first-order valence-corrected chi connectivity index (χ1v) is 14.6. The molecule has 1 atom stereocenters. The molecule has 39 heavy (non-hydrogen) atoms. The fraction of sp³-hybridized carbons (Fsp3) is 0.310. The van der Waals surface area contributed by atoms with Gasteiger partial charge in [0.1, 0.15) is 18.3 Å². The molecule has 0 heterocycles. The SMILES string of the molecule is CCCNC(=O)[C@@H](C)N(Cc1ccccc1)C(=O)CN(c1ccccc1OCC)S(=O)(=O)c1ccc(Cl)cc1. The second-order valence-electron chi connectivity index (χ2n) is 8.84. The lowest BCUT2D eigenvalue weighted by Crippen LogP contribution is -2.51. The molecule has 0 aliphatic rings. The summed E-state index contributed by atoms with van der Waals surface area (Å²) in [6.45, 7) is 5.71. The van der Waals surface area contributed by atoms with Gasteiger partial charge in [0.15, 0.2) is 0 Å². The van der Waals surface area contributed by atoms with Crippen LogP contribution in [0.3, 0.4) is 0 Å². The lowest BCUT2D eigenvalue weighted by Gasteiger charge is -2.32. The van der Waals surface area contributed by atoms with Crippen LogP contribution in [0.25, 0.3) is 0 Å². The minimum Gasteiger partial charge on any atom is -0.492 e. The number of para-hydroxylation sites is 2. The quantitative estimate of drug-likeness (QED) is 0.315. The van der Waals surface area contributed by atoms with Crippen LogP contribution >= 0.6 is 11.6 Å². The summed E-state index contributed by atoms with van der Waals surface area (Å²) >= 11 is 6.00. The minimum atomic E-state index is -4.23. The van der Waals surface area contributed by atoms with Crippen molar-refractivity contribution in [1.29, 1.82) is 0 Å². The number of sulfonamides is 1. The Morgan fingerprint density at radius 3 is 2.23 bits per heavy atom. The van der Waals surface area contributed by atoms with Crippen molar-refractivity contribution in [2.75, 3.05) is 24.0 Å². The highest BCUT2D eigenvalue weighted by Gasteiger charge is 2.33. The number of ether oxygens (including phenoxy) is 1. The van der Waals surface area contributed by atoms with E-state index in [2.05, 4.69) is 5.32 Å². The van der Waals surface area contributed by atoms with Crippen molar-refractivity contribution >= 4 is 39.1 Å². The second-order valence-corrected chi connectivity index (χ2v) is 11.1. The fourth-order valence-electron chi connectivity index (χ4n) is 3.95. The number of carbonyl (C=O) groups excluding carboxylic acids is 2. The zero-order valence-corrected chi connectivity index (χ0v) is 23.9. The van der Waals surface area contributed by atoms with Gasteiger partial charge in [-0.15, -0.1) is 0 Å². The van der Waals surface area contributed by atoms with Crippen LogP contribution in [-0.4, -0.2) is 50.9 Å². The number of rotatable bonds is 13. The highest BCUT2D eigenvalue weighted by Crippen LogP contribution is 2.33. The molecule has 8 nitrogen and oxygen atoms in total. The van der Waals surface area contributed by atoms with Gasteiger partial charge in [-0.05, 0) is 62.2 Å². The molecule has 3 aromatic carbocycles. The summed E-state index contributed by atoms with van der Waals surface area (Å²) < 4.78 is 34.6. The first kappa shape index (κ1) is 30.0. The van der Waals surface area contributed by atoms with Crippen LogP contribution in [0.5, 0.6) is 5.75 Å². The van der Waals surface area contributed by atoms with Gasteiger partial charge in [0.05, 0.1) is 17.2 Å². The first-order valence-electron chi connectivity index (χ1n) is 12.8. The number of hydrogen-bond donors (Lipinski definition) is 1. The molecule has 0 saturated carbocycles. The molecule has 0 radical (unpaired) electrons. The summed E-state index contributed by atoms with van der Waals surface area (Å²) in [5.74, 6) is -0.543. The summed E-state index contributed by atoms with van der Waals surface area (Å²) in [4.78, 5) is 28.2. The van der Waals surface area contributed by atoms with Gasteiger partial charge in [0.25, 0.3) is 10.0 Å². The molecular formula is C29H34ClN3O5S. The molecular weight excluding hydrogens is 538 g/mol. The van der Waals surface area contributed by atoms with Crippen molar-refractivity contribution in [2.24, 2.45) is 0 Å². The molecule has 0 saturated heterocycles. The minimum absolute atomic E-state index is 0.0330. The number of halogens is 1. The Morgan fingerprint density at radius 2 is 1.59 bits per heavy atom. The van der Waals surface area contributed by atoms with Crippen molar-refractivity contribution < 1.29 is 22.7 Å². The number of anilines is 1. The topological polar surface area (TPSA) is 96.0 Å². The van der Waals surface area contributed by atoms with E-state index in [-0.39, 0.29) is 23.0 Å². The number of benzene rings is 3. The Morgan fingerprint density at radius 1 is 0.949 bits per heavy atom. The number of hydrogen-bond acceptors (Lipinski definition) is 5. The summed E-state index contributed by atoms with van der Waals surface area (Å²) in [5, 5.41) is 3.21. The van der Waals surface area contributed by atoms with Crippen LogP contribution < -0.4 is 14.4 Å². The van der Waals surface area contributed by atoms with Gasteiger partial charge in [-0.2, -0.15) is 0 Å². The van der Waals surface area contributed by atoms with Gasteiger partial charge in [0, 0.05) is 18.1 Å². The molecule has 0 unspecified atom stereocenters. The molecule has 3 aromatic rings. The number of amides is 2. The van der Waals surface area contributed by atoms with E-state index in [1.165, 1.54) is 29.2 Å². The third-order valence-corrected chi connectivity index (χ3v) is 8.05. The van der Waals surface area contributed by atoms with Gasteiger partial charge in [-0.1, -0.05) is 61.0 Å². The molecule has 0 spiro atoms. The van der Waals surface area contributed by atoms with Crippen molar-refractivity contribution in [3.63, 3.8) is 0 Å². The van der Waals surface area contributed by atoms with Gasteiger partial charge in [-0.25, -0.2) is 8.42 Å². The second kappa shape index (κ2) is 14.0. The Labute approximate surface area is 235 Å². The summed E-state index contributed by atoms with van der Waals surface area (Å²) in [7, 11) is -4.23. The standard InChI is InChI=1S/C29H34ClN3O5S/c1-4-19-31-29(35)22(3)32(20-23-11-7-6-8-12-23)28(34)21-33(26-13-9-10-14-27(26)38-5-2)39(36,37)25-17-15-24(30)16-18-25/h6-18,22H,4-5,19-21H2,1-3H3,(H,31,35)/t22-/m1/s1. The van der Waals surface area contributed by atoms with Gasteiger partial charge < -0.3 is 15.0 Å². The van der Waals surface area contributed by atoms with Crippen LogP contribution in [0.1, 0.15) is 32.8 Å². The molecule has 0 aliphatic heterocycles. The van der Waals surface area contributed by atoms with E-state index in [0.29, 0.717) is 23.9 Å². The highest BCUT2D eigenvalue weighted by atomic mass is 35.5. The predicted molar refractivity (Wildman–Crippen MR) is 153 cm³/mol. The van der Waals surface area contributed by atoms with E-state index in [9.17, 15) is 18.0 Å². The van der Waals surface area contributed by atoms with E-state index < -0.39 is 28.5 Å². The van der Waals surface area contributed by atoms with Crippen LogP contribution in [0.15, 0.2) is 83.8 Å².